The molecule has 0 aromatic heterocycles. The van der Waals surface area contributed by atoms with Crippen LogP contribution >= 0.6 is 0 Å². The third kappa shape index (κ3) is 2.50. The Morgan fingerprint density at radius 3 is 2.71 bits per heavy atom. The molecule has 3 saturated carbocycles. The van der Waals surface area contributed by atoms with Crippen LogP contribution in [0.1, 0.15) is 75.3 Å². The summed E-state index contributed by atoms with van der Waals surface area (Å²) in [6.45, 7) is 2.11. The molecule has 0 radical (unpaired) electrons. The van der Waals surface area contributed by atoms with E-state index in [-0.39, 0.29) is 11.3 Å². The zero-order valence-electron chi connectivity index (χ0n) is 16.9. The van der Waals surface area contributed by atoms with Crippen LogP contribution in [0.4, 0.5) is 0 Å². The van der Waals surface area contributed by atoms with Gasteiger partial charge in [0.25, 0.3) is 0 Å². The average Bonchev–Trinajstić information content (AvgIpc) is 3.27. The fourth-order valence-electron chi connectivity index (χ4n) is 7.11. The van der Waals surface area contributed by atoms with Crippen molar-refractivity contribution in [3.8, 4) is 18.1 Å². The standard InChI is InChI=1S/C25H32O3/c1-3-25(27)23(26)15-22-21-10-8-16-14-18(28-17-6-4-5-7-17)9-11-19(16)20(21)12-13-24(22,25)2/h1,9,11,14,17,20-23,26-27H,4-8,10,12-13,15H2,2H3/t20-,21-,22-,23-,24-,25+/m1/s1. The molecule has 6 atom stereocenters. The number of benzene rings is 1. The predicted octanol–water partition coefficient (Wildman–Crippen LogP) is 4.20. The zero-order chi connectivity index (χ0) is 19.5. The molecule has 0 bridgehead atoms. The Morgan fingerprint density at radius 1 is 1.18 bits per heavy atom. The number of aliphatic hydroxyl groups excluding tert-OH is 1. The Labute approximate surface area is 168 Å². The van der Waals surface area contributed by atoms with Crippen LogP contribution in [0.2, 0.25) is 0 Å². The molecule has 4 aliphatic rings. The Hall–Kier alpha value is -1.50. The molecule has 0 heterocycles. The lowest BCUT2D eigenvalue weighted by molar-refractivity contribution is -0.101. The summed E-state index contributed by atoms with van der Waals surface area (Å²) in [6, 6.07) is 6.73. The molecular formula is C25H32O3. The first-order chi connectivity index (χ1) is 13.5. The molecule has 0 aliphatic heterocycles. The monoisotopic (exact) mass is 380 g/mol. The summed E-state index contributed by atoms with van der Waals surface area (Å²) in [4.78, 5) is 0. The summed E-state index contributed by atoms with van der Waals surface area (Å²) in [5, 5.41) is 21.7. The number of fused-ring (bicyclic) bond motifs is 5. The largest absolute Gasteiger partial charge is 0.490 e. The van der Waals surface area contributed by atoms with Crippen LogP contribution in [0.25, 0.3) is 0 Å². The SMILES string of the molecule is C#C[C@]1(O)[C@H](O)C[C@@H]2[C@@H]3CCc4cc(OC5CCCC5)ccc4[C@H]3CC[C@]21C. The third-order valence-corrected chi connectivity index (χ3v) is 8.74. The van der Waals surface area contributed by atoms with Crippen molar-refractivity contribution in [1.82, 2.24) is 0 Å². The number of aliphatic hydroxyl groups is 2. The van der Waals surface area contributed by atoms with Crippen LogP contribution < -0.4 is 4.74 Å². The number of ether oxygens (including phenoxy) is 1. The molecule has 3 nitrogen and oxygen atoms in total. The number of aryl methyl sites for hydroxylation is 1. The van der Waals surface area contributed by atoms with Crippen molar-refractivity contribution >= 4 is 0 Å². The zero-order valence-corrected chi connectivity index (χ0v) is 16.9. The molecule has 2 N–H and O–H groups in total. The maximum atomic E-state index is 11.1. The summed E-state index contributed by atoms with van der Waals surface area (Å²) in [5.41, 5.74) is 1.13. The first-order valence-corrected chi connectivity index (χ1v) is 11.1. The lowest BCUT2D eigenvalue weighted by Gasteiger charge is -2.52. The van der Waals surface area contributed by atoms with Crippen molar-refractivity contribution in [2.45, 2.75) is 88.4 Å². The van der Waals surface area contributed by atoms with Gasteiger partial charge in [-0.25, -0.2) is 0 Å². The second-order valence-corrected chi connectivity index (χ2v) is 9.92. The highest BCUT2D eigenvalue weighted by atomic mass is 16.5. The van der Waals surface area contributed by atoms with Gasteiger partial charge in [-0.05, 0) is 98.8 Å². The first kappa shape index (κ1) is 18.5. The molecule has 3 fully saturated rings. The topological polar surface area (TPSA) is 49.7 Å². The summed E-state index contributed by atoms with van der Waals surface area (Å²) in [5.74, 6) is 4.89. The van der Waals surface area contributed by atoms with Crippen LogP contribution in [0.15, 0.2) is 18.2 Å². The Bertz CT molecular complexity index is 805. The van der Waals surface area contributed by atoms with Crippen LogP contribution in [-0.4, -0.2) is 28.0 Å². The molecule has 0 spiro atoms. The average molecular weight is 381 g/mol. The number of hydrogen-bond acceptors (Lipinski definition) is 3. The molecule has 0 amide bonds. The van der Waals surface area contributed by atoms with Crippen molar-refractivity contribution in [2.75, 3.05) is 0 Å². The lowest BCUT2D eigenvalue weighted by Crippen LogP contribution is -2.53. The van der Waals surface area contributed by atoms with Gasteiger partial charge >= 0.3 is 0 Å². The summed E-state index contributed by atoms with van der Waals surface area (Å²) < 4.78 is 6.23. The van der Waals surface area contributed by atoms with E-state index in [4.69, 9.17) is 11.2 Å². The molecule has 28 heavy (non-hydrogen) atoms. The minimum Gasteiger partial charge on any atom is -0.490 e. The van der Waals surface area contributed by atoms with E-state index in [9.17, 15) is 10.2 Å². The van der Waals surface area contributed by atoms with Crippen LogP contribution in [0.3, 0.4) is 0 Å². The van der Waals surface area contributed by atoms with Gasteiger partial charge in [0.1, 0.15) is 5.75 Å². The molecule has 5 rings (SSSR count). The Morgan fingerprint density at radius 2 is 1.96 bits per heavy atom. The highest BCUT2D eigenvalue weighted by Gasteiger charge is 2.65. The number of terminal acetylenes is 1. The van der Waals surface area contributed by atoms with Gasteiger partial charge in [-0.2, -0.15) is 0 Å². The smallest absolute Gasteiger partial charge is 0.156 e. The van der Waals surface area contributed by atoms with Gasteiger partial charge < -0.3 is 14.9 Å². The van der Waals surface area contributed by atoms with Crippen molar-refractivity contribution in [2.24, 2.45) is 17.3 Å². The molecule has 0 unspecified atom stereocenters. The van der Waals surface area contributed by atoms with Gasteiger partial charge in [-0.1, -0.05) is 18.9 Å². The van der Waals surface area contributed by atoms with Gasteiger partial charge in [-0.15, -0.1) is 6.42 Å². The molecule has 3 heteroatoms. The van der Waals surface area contributed by atoms with Crippen molar-refractivity contribution in [1.29, 1.82) is 0 Å². The predicted molar refractivity (Wildman–Crippen MR) is 109 cm³/mol. The Balaban J connectivity index is 1.41. The van der Waals surface area contributed by atoms with E-state index in [0.29, 0.717) is 24.4 Å². The maximum Gasteiger partial charge on any atom is 0.156 e. The number of hydrogen-bond donors (Lipinski definition) is 2. The number of rotatable bonds is 2. The quantitative estimate of drug-likeness (QED) is 0.756. The van der Waals surface area contributed by atoms with Crippen LogP contribution in [-0.2, 0) is 6.42 Å². The molecule has 0 saturated heterocycles. The van der Waals surface area contributed by atoms with Gasteiger partial charge in [0, 0.05) is 5.41 Å². The van der Waals surface area contributed by atoms with E-state index in [1.807, 2.05) is 0 Å². The lowest BCUT2D eigenvalue weighted by atomic mass is 9.53. The van der Waals surface area contributed by atoms with E-state index in [2.05, 4.69) is 31.0 Å². The van der Waals surface area contributed by atoms with Gasteiger partial charge in [0.15, 0.2) is 5.60 Å². The molecule has 150 valence electrons. The van der Waals surface area contributed by atoms with Crippen molar-refractivity contribution in [3.05, 3.63) is 29.3 Å². The van der Waals surface area contributed by atoms with Crippen molar-refractivity contribution < 1.29 is 14.9 Å². The third-order valence-electron chi connectivity index (χ3n) is 8.74. The van der Waals surface area contributed by atoms with Crippen LogP contribution in [0.5, 0.6) is 5.75 Å². The highest BCUT2D eigenvalue weighted by molar-refractivity contribution is 5.41. The summed E-state index contributed by atoms with van der Waals surface area (Å²) >= 11 is 0. The summed E-state index contributed by atoms with van der Waals surface area (Å²) in [7, 11) is 0. The normalized spacial score (nSPS) is 42.4. The van der Waals surface area contributed by atoms with E-state index in [1.165, 1.54) is 36.8 Å². The minimum atomic E-state index is -1.39. The van der Waals surface area contributed by atoms with E-state index in [0.717, 1.165) is 31.4 Å². The Kier molecular flexibility index (Phi) is 4.30. The van der Waals surface area contributed by atoms with Gasteiger partial charge in [0.05, 0.1) is 12.2 Å². The maximum absolute atomic E-state index is 11.1. The summed E-state index contributed by atoms with van der Waals surface area (Å²) in [6.07, 6.45) is 14.9. The molecule has 1 aromatic rings. The first-order valence-electron chi connectivity index (χ1n) is 11.1. The van der Waals surface area contributed by atoms with Crippen molar-refractivity contribution in [3.63, 3.8) is 0 Å². The fourth-order valence-corrected chi connectivity index (χ4v) is 7.11. The second kappa shape index (κ2) is 6.51. The molecular weight excluding hydrogens is 348 g/mol. The van der Waals surface area contributed by atoms with Gasteiger partial charge in [-0.3, -0.25) is 0 Å². The molecule has 4 aliphatic carbocycles. The van der Waals surface area contributed by atoms with Gasteiger partial charge in [0.2, 0.25) is 0 Å². The minimum absolute atomic E-state index is 0.282. The van der Waals surface area contributed by atoms with Crippen LogP contribution in [0, 0.1) is 29.6 Å². The second-order valence-electron chi connectivity index (χ2n) is 9.92. The van der Waals surface area contributed by atoms with E-state index >= 15 is 0 Å². The van der Waals surface area contributed by atoms with E-state index in [1.54, 1.807) is 0 Å². The fraction of sp³-hybridized carbons (Fsp3) is 0.680. The highest BCUT2D eigenvalue weighted by Crippen LogP contribution is 2.64. The molecule has 1 aromatic carbocycles. The van der Waals surface area contributed by atoms with E-state index < -0.39 is 11.7 Å².